The molecule has 1 aliphatic rings. The van der Waals surface area contributed by atoms with Crippen LogP contribution in [0.2, 0.25) is 0 Å². The van der Waals surface area contributed by atoms with Crippen LogP contribution in [0.25, 0.3) is 0 Å². The van der Waals surface area contributed by atoms with Gasteiger partial charge in [0.05, 0.1) is 11.9 Å². The Morgan fingerprint density at radius 3 is 2.70 bits per heavy atom. The molecular weight excluding hydrogens is 296 g/mol. The summed E-state index contributed by atoms with van der Waals surface area (Å²) in [5.41, 5.74) is 0.489. The van der Waals surface area contributed by atoms with Gasteiger partial charge in [-0.2, -0.15) is 0 Å². The van der Waals surface area contributed by atoms with Gasteiger partial charge in [0.1, 0.15) is 5.82 Å². The first-order chi connectivity index (χ1) is 11.1. The van der Waals surface area contributed by atoms with Gasteiger partial charge in [-0.15, -0.1) is 0 Å². The van der Waals surface area contributed by atoms with E-state index in [0.29, 0.717) is 25.3 Å². The van der Waals surface area contributed by atoms with Gasteiger partial charge in [-0.25, -0.2) is 4.98 Å². The smallest absolute Gasteiger partial charge is 0.313 e. The van der Waals surface area contributed by atoms with Crippen LogP contribution >= 0.6 is 0 Å². The highest BCUT2D eigenvalue weighted by atomic mass is 16.5. The largest absolute Gasteiger partial charge is 0.381 e. The molecule has 2 N–H and O–H groups in total. The van der Waals surface area contributed by atoms with E-state index in [1.54, 1.807) is 12.1 Å². The maximum Gasteiger partial charge on any atom is 0.313 e. The lowest BCUT2D eigenvalue weighted by atomic mass is 10.3. The van der Waals surface area contributed by atoms with E-state index in [1.807, 2.05) is 19.0 Å². The van der Waals surface area contributed by atoms with E-state index < -0.39 is 11.8 Å². The first-order valence-corrected chi connectivity index (χ1v) is 7.86. The number of hydrogen-bond acceptors (Lipinski definition) is 5. The topological polar surface area (TPSA) is 83.6 Å². The molecule has 0 atom stereocenters. The average Bonchev–Trinajstić information content (AvgIpc) is 3.35. The van der Waals surface area contributed by atoms with Crippen molar-refractivity contribution in [2.75, 3.05) is 44.1 Å². The molecule has 0 aromatic carbocycles. The van der Waals surface area contributed by atoms with Crippen molar-refractivity contribution in [1.29, 1.82) is 0 Å². The maximum atomic E-state index is 11.8. The second-order valence-corrected chi connectivity index (χ2v) is 5.88. The molecule has 1 saturated carbocycles. The molecule has 7 nitrogen and oxygen atoms in total. The number of nitrogens with one attached hydrogen (secondary N) is 2. The molecule has 1 aromatic heterocycles. The van der Waals surface area contributed by atoms with E-state index in [0.717, 1.165) is 18.3 Å². The van der Waals surface area contributed by atoms with Crippen LogP contribution in [0.1, 0.15) is 19.3 Å². The van der Waals surface area contributed by atoms with Crippen LogP contribution < -0.4 is 15.5 Å². The van der Waals surface area contributed by atoms with Gasteiger partial charge >= 0.3 is 11.8 Å². The highest BCUT2D eigenvalue weighted by molar-refractivity contribution is 6.39. The van der Waals surface area contributed by atoms with Crippen molar-refractivity contribution in [2.45, 2.75) is 19.3 Å². The fourth-order valence-corrected chi connectivity index (χ4v) is 1.90. The Balaban J connectivity index is 1.62. The molecule has 0 saturated heterocycles. The predicted octanol–water partition coefficient (Wildman–Crippen LogP) is 1.02. The van der Waals surface area contributed by atoms with Gasteiger partial charge in [-0.3, -0.25) is 9.59 Å². The summed E-state index contributed by atoms with van der Waals surface area (Å²) >= 11 is 0. The Kier molecular flexibility index (Phi) is 6.34. The molecule has 0 bridgehead atoms. The van der Waals surface area contributed by atoms with E-state index in [1.165, 1.54) is 19.0 Å². The number of carbonyl (C=O) groups is 2. The van der Waals surface area contributed by atoms with E-state index >= 15 is 0 Å². The number of aromatic nitrogens is 1. The van der Waals surface area contributed by atoms with Crippen LogP contribution in [0.3, 0.4) is 0 Å². The lowest BCUT2D eigenvalue weighted by Gasteiger charge is -2.11. The summed E-state index contributed by atoms with van der Waals surface area (Å²) < 4.78 is 5.46. The van der Waals surface area contributed by atoms with Crippen molar-refractivity contribution in [3.8, 4) is 0 Å². The third-order valence-corrected chi connectivity index (χ3v) is 3.47. The first kappa shape index (κ1) is 17.2. The van der Waals surface area contributed by atoms with Crippen molar-refractivity contribution in [1.82, 2.24) is 10.3 Å². The Hall–Kier alpha value is -2.15. The predicted molar refractivity (Wildman–Crippen MR) is 88.4 cm³/mol. The second-order valence-electron chi connectivity index (χ2n) is 5.88. The number of hydrogen-bond donors (Lipinski definition) is 2. The van der Waals surface area contributed by atoms with Crippen molar-refractivity contribution in [3.63, 3.8) is 0 Å². The molecule has 23 heavy (non-hydrogen) atoms. The van der Waals surface area contributed by atoms with Crippen molar-refractivity contribution < 1.29 is 14.3 Å². The number of anilines is 2. The minimum absolute atomic E-state index is 0.425. The fraction of sp³-hybridized carbons (Fsp3) is 0.562. The zero-order chi connectivity index (χ0) is 16.7. The van der Waals surface area contributed by atoms with Gasteiger partial charge < -0.3 is 20.3 Å². The zero-order valence-corrected chi connectivity index (χ0v) is 13.7. The van der Waals surface area contributed by atoms with Crippen LogP contribution in [0.5, 0.6) is 0 Å². The van der Waals surface area contributed by atoms with Crippen LogP contribution in [0.4, 0.5) is 11.5 Å². The molecule has 0 aliphatic heterocycles. The number of amides is 2. The Labute approximate surface area is 136 Å². The number of nitrogens with zero attached hydrogens (tertiary/aromatic N) is 2. The van der Waals surface area contributed by atoms with Gasteiger partial charge in [0.25, 0.3) is 0 Å². The van der Waals surface area contributed by atoms with Crippen molar-refractivity contribution in [3.05, 3.63) is 18.3 Å². The van der Waals surface area contributed by atoms with Crippen LogP contribution in [-0.2, 0) is 14.3 Å². The standard InChI is InChI=1S/C16H24N4O3/c1-20(2)14-7-6-13(10-18-14)19-16(22)15(21)17-8-3-9-23-11-12-4-5-12/h6-7,10,12H,3-5,8-9,11H2,1-2H3,(H,17,21)(H,19,22). The van der Waals surface area contributed by atoms with Crippen LogP contribution in [-0.4, -0.2) is 50.7 Å². The maximum absolute atomic E-state index is 11.8. The number of ether oxygens (including phenoxy) is 1. The zero-order valence-electron chi connectivity index (χ0n) is 13.7. The summed E-state index contributed by atoms with van der Waals surface area (Å²) in [5.74, 6) is 0.175. The van der Waals surface area contributed by atoms with Crippen LogP contribution in [0.15, 0.2) is 18.3 Å². The van der Waals surface area contributed by atoms with Gasteiger partial charge in [0.15, 0.2) is 0 Å². The molecule has 1 fully saturated rings. The summed E-state index contributed by atoms with van der Waals surface area (Å²) in [6.45, 7) is 1.84. The van der Waals surface area contributed by atoms with Gasteiger partial charge in [-0.05, 0) is 37.3 Å². The molecule has 1 heterocycles. The summed E-state index contributed by atoms with van der Waals surface area (Å²) in [6, 6.07) is 3.48. The van der Waals surface area contributed by atoms with Gasteiger partial charge in [0.2, 0.25) is 0 Å². The number of carbonyl (C=O) groups excluding carboxylic acids is 2. The van der Waals surface area contributed by atoms with Crippen molar-refractivity contribution >= 4 is 23.3 Å². The Morgan fingerprint density at radius 1 is 1.30 bits per heavy atom. The Morgan fingerprint density at radius 2 is 2.09 bits per heavy atom. The first-order valence-electron chi connectivity index (χ1n) is 7.86. The molecule has 1 aromatic rings. The summed E-state index contributed by atoms with van der Waals surface area (Å²) in [6.07, 6.45) is 4.75. The third-order valence-electron chi connectivity index (χ3n) is 3.47. The lowest BCUT2D eigenvalue weighted by Crippen LogP contribution is -2.36. The molecule has 0 unspecified atom stereocenters. The highest BCUT2D eigenvalue weighted by Gasteiger charge is 2.20. The lowest BCUT2D eigenvalue weighted by molar-refractivity contribution is -0.136. The van der Waals surface area contributed by atoms with E-state index in [9.17, 15) is 9.59 Å². The average molecular weight is 320 g/mol. The molecule has 2 amide bonds. The quantitative estimate of drug-likeness (QED) is 0.552. The molecular formula is C16H24N4O3. The van der Waals surface area contributed by atoms with Crippen molar-refractivity contribution in [2.24, 2.45) is 5.92 Å². The SMILES string of the molecule is CN(C)c1ccc(NC(=O)C(=O)NCCCOCC2CC2)cn1. The second kappa shape index (κ2) is 8.47. The minimum Gasteiger partial charge on any atom is -0.381 e. The molecule has 7 heteroatoms. The van der Waals surface area contributed by atoms with Crippen LogP contribution in [0, 0.1) is 5.92 Å². The molecule has 0 spiro atoms. The molecule has 0 radical (unpaired) electrons. The fourth-order valence-electron chi connectivity index (χ4n) is 1.90. The summed E-state index contributed by atoms with van der Waals surface area (Å²) in [7, 11) is 3.75. The van der Waals surface area contributed by atoms with E-state index in [-0.39, 0.29) is 0 Å². The molecule has 2 rings (SSSR count). The number of rotatable bonds is 8. The summed E-state index contributed by atoms with van der Waals surface area (Å²) in [5, 5.41) is 5.10. The normalized spacial score (nSPS) is 13.5. The third kappa shape index (κ3) is 6.23. The molecule has 126 valence electrons. The monoisotopic (exact) mass is 320 g/mol. The molecule has 1 aliphatic carbocycles. The minimum atomic E-state index is -0.691. The van der Waals surface area contributed by atoms with Gasteiger partial charge in [-0.1, -0.05) is 0 Å². The van der Waals surface area contributed by atoms with Gasteiger partial charge in [0, 0.05) is 33.9 Å². The van der Waals surface area contributed by atoms with E-state index in [2.05, 4.69) is 15.6 Å². The highest BCUT2D eigenvalue weighted by Crippen LogP contribution is 2.28. The number of pyridine rings is 1. The van der Waals surface area contributed by atoms with E-state index in [4.69, 9.17) is 4.74 Å². The summed E-state index contributed by atoms with van der Waals surface area (Å²) in [4.78, 5) is 29.5. The Bertz CT molecular complexity index is 527.